The molecule has 1 heterocycles. The molecule has 0 spiro atoms. The highest BCUT2D eigenvalue weighted by Gasteiger charge is 2.23. The van der Waals surface area contributed by atoms with E-state index in [0.29, 0.717) is 6.04 Å². The van der Waals surface area contributed by atoms with Gasteiger partial charge in [0.2, 0.25) is 0 Å². The molecule has 0 bridgehead atoms. The van der Waals surface area contributed by atoms with Gasteiger partial charge in [-0.15, -0.1) is 0 Å². The van der Waals surface area contributed by atoms with Crippen LogP contribution in [0.2, 0.25) is 0 Å². The first-order valence-electron chi connectivity index (χ1n) is 7.70. The average molecular weight is 238 g/mol. The molecule has 1 aliphatic heterocycles. The molecule has 1 aliphatic carbocycles. The summed E-state index contributed by atoms with van der Waals surface area (Å²) < 4.78 is 0. The summed E-state index contributed by atoms with van der Waals surface area (Å²) in [6.07, 6.45) is 8.74. The van der Waals surface area contributed by atoms with E-state index >= 15 is 0 Å². The summed E-state index contributed by atoms with van der Waals surface area (Å²) in [4.78, 5) is 2.69. The van der Waals surface area contributed by atoms with Crippen LogP contribution in [0.5, 0.6) is 0 Å². The first kappa shape index (κ1) is 13.4. The van der Waals surface area contributed by atoms with Gasteiger partial charge in [0, 0.05) is 12.6 Å². The number of hydrogen-bond donors (Lipinski definition) is 1. The highest BCUT2D eigenvalue weighted by molar-refractivity contribution is 4.78. The molecule has 0 aromatic carbocycles. The van der Waals surface area contributed by atoms with E-state index in [1.54, 1.807) is 0 Å². The van der Waals surface area contributed by atoms with Crippen LogP contribution in [0.15, 0.2) is 0 Å². The summed E-state index contributed by atoms with van der Waals surface area (Å²) in [7, 11) is 0. The SMILES string of the molecule is CC(C)NCC1CCC(CN2CCCC2)CC1. The molecule has 0 atom stereocenters. The monoisotopic (exact) mass is 238 g/mol. The zero-order chi connectivity index (χ0) is 12.1. The zero-order valence-electron chi connectivity index (χ0n) is 11.8. The van der Waals surface area contributed by atoms with Crippen LogP contribution in [0, 0.1) is 11.8 Å². The summed E-state index contributed by atoms with van der Waals surface area (Å²) >= 11 is 0. The van der Waals surface area contributed by atoms with Crippen molar-refractivity contribution in [2.24, 2.45) is 11.8 Å². The van der Waals surface area contributed by atoms with Crippen LogP contribution < -0.4 is 5.32 Å². The third-order valence-corrected chi connectivity index (χ3v) is 4.50. The molecule has 2 nitrogen and oxygen atoms in total. The maximum Gasteiger partial charge on any atom is 0.00104 e. The molecule has 1 saturated carbocycles. The number of nitrogens with zero attached hydrogens (tertiary/aromatic N) is 1. The van der Waals surface area contributed by atoms with Crippen molar-refractivity contribution < 1.29 is 0 Å². The van der Waals surface area contributed by atoms with Crippen LogP contribution in [0.4, 0.5) is 0 Å². The van der Waals surface area contributed by atoms with Gasteiger partial charge < -0.3 is 10.2 Å². The average Bonchev–Trinajstić information content (AvgIpc) is 2.81. The number of hydrogen-bond acceptors (Lipinski definition) is 2. The fourth-order valence-corrected chi connectivity index (χ4v) is 3.35. The van der Waals surface area contributed by atoms with Gasteiger partial charge in [-0.1, -0.05) is 13.8 Å². The van der Waals surface area contributed by atoms with Crippen LogP contribution in [-0.2, 0) is 0 Å². The minimum atomic E-state index is 0.650. The summed E-state index contributed by atoms with van der Waals surface area (Å²) in [5, 5.41) is 3.59. The van der Waals surface area contributed by atoms with Crippen molar-refractivity contribution in [2.75, 3.05) is 26.2 Å². The quantitative estimate of drug-likeness (QED) is 0.792. The minimum absolute atomic E-state index is 0.650. The Morgan fingerprint density at radius 2 is 1.59 bits per heavy atom. The van der Waals surface area contributed by atoms with Crippen LogP contribution in [0.25, 0.3) is 0 Å². The first-order valence-corrected chi connectivity index (χ1v) is 7.70. The van der Waals surface area contributed by atoms with Gasteiger partial charge in [0.05, 0.1) is 0 Å². The Bertz CT molecular complexity index is 201. The van der Waals surface area contributed by atoms with E-state index in [2.05, 4.69) is 24.1 Å². The lowest BCUT2D eigenvalue weighted by atomic mass is 9.81. The van der Waals surface area contributed by atoms with E-state index in [1.165, 1.54) is 64.7 Å². The van der Waals surface area contributed by atoms with Gasteiger partial charge in [-0.3, -0.25) is 0 Å². The number of rotatable bonds is 5. The zero-order valence-corrected chi connectivity index (χ0v) is 11.8. The summed E-state index contributed by atoms with van der Waals surface area (Å²) in [5.74, 6) is 1.95. The molecule has 2 rings (SSSR count). The van der Waals surface area contributed by atoms with Crippen LogP contribution in [0.3, 0.4) is 0 Å². The van der Waals surface area contributed by atoms with E-state index in [4.69, 9.17) is 0 Å². The Balaban J connectivity index is 1.60. The highest BCUT2D eigenvalue weighted by Crippen LogP contribution is 2.29. The van der Waals surface area contributed by atoms with E-state index < -0.39 is 0 Å². The predicted molar refractivity (Wildman–Crippen MR) is 74.3 cm³/mol. The Labute approximate surface area is 107 Å². The Morgan fingerprint density at radius 3 is 2.18 bits per heavy atom. The third-order valence-electron chi connectivity index (χ3n) is 4.50. The summed E-state index contributed by atoms with van der Waals surface area (Å²) in [5.41, 5.74) is 0. The van der Waals surface area contributed by atoms with Gasteiger partial charge in [0.15, 0.2) is 0 Å². The lowest BCUT2D eigenvalue weighted by Gasteiger charge is -2.31. The molecular weight excluding hydrogens is 208 g/mol. The second-order valence-electron chi connectivity index (χ2n) is 6.46. The van der Waals surface area contributed by atoms with Gasteiger partial charge in [0.25, 0.3) is 0 Å². The maximum atomic E-state index is 3.59. The lowest BCUT2D eigenvalue weighted by molar-refractivity contribution is 0.200. The Morgan fingerprint density at radius 1 is 1.00 bits per heavy atom. The van der Waals surface area contributed by atoms with Crippen molar-refractivity contribution in [1.29, 1.82) is 0 Å². The second-order valence-corrected chi connectivity index (χ2v) is 6.46. The molecule has 100 valence electrons. The molecule has 0 aromatic heterocycles. The molecule has 0 radical (unpaired) electrons. The minimum Gasteiger partial charge on any atom is -0.314 e. The molecule has 17 heavy (non-hydrogen) atoms. The fraction of sp³-hybridized carbons (Fsp3) is 1.00. The predicted octanol–water partition coefficient (Wildman–Crippen LogP) is 2.89. The second kappa shape index (κ2) is 6.75. The van der Waals surface area contributed by atoms with Crippen molar-refractivity contribution in [3.63, 3.8) is 0 Å². The number of nitrogens with one attached hydrogen (secondary N) is 1. The Kier molecular flexibility index (Phi) is 5.30. The van der Waals surface area contributed by atoms with Crippen molar-refractivity contribution in [1.82, 2.24) is 10.2 Å². The molecule has 2 aliphatic rings. The van der Waals surface area contributed by atoms with Crippen molar-refractivity contribution in [3.05, 3.63) is 0 Å². The topological polar surface area (TPSA) is 15.3 Å². The molecule has 0 aromatic rings. The first-order chi connectivity index (χ1) is 8.24. The Hall–Kier alpha value is -0.0800. The molecule has 2 fully saturated rings. The maximum absolute atomic E-state index is 3.59. The van der Waals surface area contributed by atoms with Crippen LogP contribution >= 0.6 is 0 Å². The van der Waals surface area contributed by atoms with Gasteiger partial charge in [-0.25, -0.2) is 0 Å². The molecule has 1 saturated heterocycles. The number of likely N-dealkylation sites (tertiary alicyclic amines) is 1. The third kappa shape index (κ3) is 4.59. The van der Waals surface area contributed by atoms with Gasteiger partial charge >= 0.3 is 0 Å². The lowest BCUT2D eigenvalue weighted by Crippen LogP contribution is -2.33. The van der Waals surface area contributed by atoms with Gasteiger partial charge in [-0.05, 0) is 70.0 Å². The smallest absolute Gasteiger partial charge is 0.00104 e. The van der Waals surface area contributed by atoms with E-state index in [1.807, 2.05) is 0 Å². The fourth-order valence-electron chi connectivity index (χ4n) is 3.35. The summed E-state index contributed by atoms with van der Waals surface area (Å²) in [6.45, 7) is 9.88. The standard InChI is InChI=1S/C15H30N2/c1-13(2)16-11-14-5-7-15(8-6-14)12-17-9-3-4-10-17/h13-16H,3-12H2,1-2H3. The largest absolute Gasteiger partial charge is 0.314 e. The molecule has 0 unspecified atom stereocenters. The van der Waals surface area contributed by atoms with Crippen LogP contribution in [-0.4, -0.2) is 37.1 Å². The molecule has 0 amide bonds. The van der Waals surface area contributed by atoms with E-state index in [0.717, 1.165) is 11.8 Å². The molecular formula is C15H30N2. The summed E-state index contributed by atoms with van der Waals surface area (Å²) in [6, 6.07) is 0.650. The van der Waals surface area contributed by atoms with E-state index in [9.17, 15) is 0 Å². The van der Waals surface area contributed by atoms with Crippen LogP contribution in [0.1, 0.15) is 52.4 Å². The van der Waals surface area contributed by atoms with Crippen molar-refractivity contribution in [3.8, 4) is 0 Å². The molecule has 1 N–H and O–H groups in total. The van der Waals surface area contributed by atoms with Crippen molar-refractivity contribution in [2.45, 2.75) is 58.4 Å². The van der Waals surface area contributed by atoms with Crippen molar-refractivity contribution >= 4 is 0 Å². The normalized spacial score (nSPS) is 31.2. The van der Waals surface area contributed by atoms with Gasteiger partial charge in [-0.2, -0.15) is 0 Å². The highest BCUT2D eigenvalue weighted by atomic mass is 15.1. The van der Waals surface area contributed by atoms with Gasteiger partial charge in [0.1, 0.15) is 0 Å². The molecule has 2 heteroatoms. The van der Waals surface area contributed by atoms with E-state index in [-0.39, 0.29) is 0 Å².